The number of carbonyl (C=O) groups excluding carboxylic acids is 2. The van der Waals surface area contributed by atoms with Crippen molar-refractivity contribution in [1.82, 2.24) is 10.3 Å². The Labute approximate surface area is 426 Å². The molecule has 2 aliphatic rings. The number of pyridine rings is 1. The van der Waals surface area contributed by atoms with Gasteiger partial charge in [-0.15, -0.1) is 17.9 Å². The summed E-state index contributed by atoms with van der Waals surface area (Å²) in [6.45, 7) is 26.7. The van der Waals surface area contributed by atoms with Gasteiger partial charge in [0.1, 0.15) is 49.4 Å². The Hall–Kier alpha value is -2.92. The molecule has 2 aromatic rings. The number of ether oxygens (including phenoxy) is 7. The largest absolute Gasteiger partial charge is 0.497 e. The lowest BCUT2D eigenvalue weighted by Gasteiger charge is -2.44. The highest BCUT2D eigenvalue weighted by molar-refractivity contribution is 14.1. The standard InChI is InChI=1S/C51H76ClIN2O11Si2/c1-16-50(58,27-20-28-68(17-2,18-3)19-4)36(32-60-31-35-21-23-37(59-13)24-22-35)33-61-43(56)29-39(55-46(57)64-47(5,6)7)38-25-26-40(45(52)54-38)63-41-30-42(53)51(34-62-49(11,12)66-51)44(41)65-67(14,15)48(8,9)10/h1,21-26,36,39,41-42,44,58H,17-19,27,29-34H2,2-15H3,(H,55,57)/t36-,39-,41+,42?,44-,50-,51-/m1/s1. The second-order valence-corrected chi connectivity index (χ2v) is 32.5. The van der Waals surface area contributed by atoms with Crippen LogP contribution >= 0.6 is 34.2 Å². The minimum absolute atomic E-state index is 0.00502. The maximum atomic E-state index is 13.9. The molecule has 0 bridgehead atoms. The van der Waals surface area contributed by atoms with Gasteiger partial charge in [0.15, 0.2) is 25.0 Å². The fourth-order valence-corrected chi connectivity index (χ4v) is 13.1. The number of nitrogens with zero attached hydrogens (tertiary/aromatic N) is 1. The highest BCUT2D eigenvalue weighted by Gasteiger charge is 2.64. The minimum atomic E-state index is -2.36. The Bertz CT molecular complexity index is 2120. The number of benzene rings is 1. The summed E-state index contributed by atoms with van der Waals surface area (Å²) in [5, 5.41) is 14.7. The number of aliphatic hydroxyl groups is 1. The predicted octanol–water partition coefficient (Wildman–Crippen LogP) is 10.7. The molecule has 2 fully saturated rings. The Kier molecular flexibility index (Phi) is 20.0. The molecular weight excluding hydrogens is 1040 g/mol. The summed E-state index contributed by atoms with van der Waals surface area (Å²) in [7, 11) is -2.62. The molecule has 378 valence electrons. The average molecular weight is 1110 g/mol. The average Bonchev–Trinajstić information content (AvgIpc) is 3.72. The van der Waals surface area contributed by atoms with E-state index in [0.29, 0.717) is 24.5 Å². The van der Waals surface area contributed by atoms with E-state index in [-0.39, 0.29) is 52.5 Å². The number of hydrogen-bond acceptors (Lipinski definition) is 12. The molecule has 2 heterocycles. The number of halogens is 2. The Morgan fingerprint density at radius 3 is 2.22 bits per heavy atom. The maximum absolute atomic E-state index is 13.9. The molecule has 13 nitrogen and oxygen atoms in total. The van der Waals surface area contributed by atoms with E-state index < -0.39 is 75.2 Å². The number of alkyl halides is 1. The van der Waals surface area contributed by atoms with Gasteiger partial charge in [0.05, 0.1) is 51.0 Å². The molecule has 1 aromatic heterocycles. The monoisotopic (exact) mass is 1110 g/mol. The molecule has 0 radical (unpaired) electrons. The van der Waals surface area contributed by atoms with Gasteiger partial charge in [0, 0.05) is 16.8 Å². The quantitative estimate of drug-likeness (QED) is 0.0324. The number of aromatic nitrogens is 1. The summed E-state index contributed by atoms with van der Waals surface area (Å²) in [6.07, 6.45) is 4.52. The zero-order valence-corrected chi connectivity index (χ0v) is 47.6. The maximum Gasteiger partial charge on any atom is 0.408 e. The highest BCUT2D eigenvalue weighted by Crippen LogP contribution is 2.51. The van der Waals surface area contributed by atoms with Gasteiger partial charge in [0.2, 0.25) is 0 Å². The van der Waals surface area contributed by atoms with E-state index in [1.54, 1.807) is 40.0 Å². The van der Waals surface area contributed by atoms with Gasteiger partial charge in [-0.1, -0.05) is 93.8 Å². The van der Waals surface area contributed by atoms with Crippen LogP contribution in [0.1, 0.15) is 113 Å². The van der Waals surface area contributed by atoms with Crippen molar-refractivity contribution in [3.63, 3.8) is 0 Å². The van der Waals surface area contributed by atoms with E-state index in [2.05, 4.69) is 105 Å². The van der Waals surface area contributed by atoms with Crippen molar-refractivity contribution in [3.8, 4) is 35.3 Å². The molecule has 1 saturated heterocycles. The fourth-order valence-electron chi connectivity index (χ4n) is 7.94. The Morgan fingerprint density at radius 1 is 1.04 bits per heavy atom. The number of hydrogen-bond donors (Lipinski definition) is 2. The third kappa shape index (κ3) is 15.1. The van der Waals surface area contributed by atoms with Gasteiger partial charge in [-0.2, -0.15) is 0 Å². The van der Waals surface area contributed by atoms with Gasteiger partial charge in [-0.05, 0) is 101 Å². The molecule has 2 N–H and O–H groups in total. The summed E-state index contributed by atoms with van der Waals surface area (Å²) in [6, 6.07) is 12.6. The molecule has 7 atom stereocenters. The first-order valence-electron chi connectivity index (χ1n) is 23.6. The molecule has 1 spiro atoms. The molecule has 68 heavy (non-hydrogen) atoms. The SMILES string of the molecule is C#C[C@@](O)(CC#C[Si](CC)(CC)CC)[C@H](COCc1ccc(OC)cc1)COC(=O)C[C@@H](NC(=O)OC(C)(C)C)c1ccc(O[C@H]2CC(I)[C@]3(COC(C)(C)O3)[C@@H]2O[Si](C)(C)C(C)(C)C)c(Cl)n1. The molecular formula is C51H76ClIN2O11Si2. The lowest BCUT2D eigenvalue weighted by molar-refractivity contribution is -0.178. The molecule has 4 rings (SSSR count). The van der Waals surface area contributed by atoms with Crippen LogP contribution in [0.25, 0.3) is 0 Å². The molecule has 1 saturated carbocycles. The summed E-state index contributed by atoms with van der Waals surface area (Å²) in [5.41, 5.74) is 1.24. The van der Waals surface area contributed by atoms with E-state index in [1.807, 2.05) is 38.1 Å². The van der Waals surface area contributed by atoms with Crippen molar-refractivity contribution >= 4 is 62.6 Å². The molecule has 17 heteroatoms. The van der Waals surface area contributed by atoms with Crippen molar-refractivity contribution in [3.05, 3.63) is 52.8 Å². The van der Waals surface area contributed by atoms with Crippen LogP contribution in [0.2, 0.25) is 41.4 Å². The number of methoxy groups -OCH3 is 1. The summed E-state index contributed by atoms with van der Waals surface area (Å²) >= 11 is 9.34. The second-order valence-electron chi connectivity index (χ2n) is 21.0. The van der Waals surface area contributed by atoms with Crippen LogP contribution in [0.4, 0.5) is 4.79 Å². The lowest BCUT2D eigenvalue weighted by atomic mass is 9.86. The normalized spacial score (nSPS) is 22.3. The van der Waals surface area contributed by atoms with Crippen LogP contribution in [0.3, 0.4) is 0 Å². The van der Waals surface area contributed by atoms with Crippen molar-refractivity contribution < 1.29 is 52.3 Å². The van der Waals surface area contributed by atoms with Crippen molar-refractivity contribution in [2.75, 3.05) is 26.9 Å². The van der Waals surface area contributed by atoms with Crippen LogP contribution in [-0.4, -0.2) is 104 Å². The van der Waals surface area contributed by atoms with Crippen LogP contribution in [0, 0.1) is 29.7 Å². The van der Waals surface area contributed by atoms with Crippen molar-refractivity contribution in [2.24, 2.45) is 5.92 Å². The van der Waals surface area contributed by atoms with Gasteiger partial charge in [-0.3, -0.25) is 4.79 Å². The molecule has 1 aliphatic carbocycles. The highest BCUT2D eigenvalue weighted by atomic mass is 127. The third-order valence-electron chi connectivity index (χ3n) is 13.5. The fraction of sp³-hybridized carbons (Fsp3) is 0.667. The van der Waals surface area contributed by atoms with Gasteiger partial charge in [0.25, 0.3) is 0 Å². The zero-order valence-electron chi connectivity index (χ0n) is 42.7. The van der Waals surface area contributed by atoms with Crippen LogP contribution in [0.15, 0.2) is 36.4 Å². The van der Waals surface area contributed by atoms with Gasteiger partial charge < -0.3 is 48.0 Å². The van der Waals surface area contributed by atoms with E-state index in [0.717, 1.165) is 23.7 Å². The zero-order chi connectivity index (χ0) is 50.9. The number of carbonyl (C=O) groups is 2. The van der Waals surface area contributed by atoms with E-state index in [4.69, 9.17) is 55.6 Å². The van der Waals surface area contributed by atoms with E-state index >= 15 is 0 Å². The molecule has 1 aliphatic heterocycles. The first kappa shape index (κ1) is 57.7. The van der Waals surface area contributed by atoms with E-state index in [1.165, 1.54) is 0 Å². The summed E-state index contributed by atoms with van der Waals surface area (Å²) in [4.78, 5) is 31.8. The van der Waals surface area contributed by atoms with Crippen LogP contribution in [-0.2, 0) is 39.5 Å². The van der Waals surface area contributed by atoms with Crippen molar-refractivity contribution in [1.29, 1.82) is 0 Å². The summed E-state index contributed by atoms with van der Waals surface area (Å²) in [5.74, 6) is 4.40. The molecule has 1 aromatic carbocycles. The number of nitrogens with one attached hydrogen (secondary N) is 1. The van der Waals surface area contributed by atoms with Crippen LogP contribution < -0.4 is 14.8 Å². The first-order valence-corrected chi connectivity index (χ1v) is 30.8. The second kappa shape index (κ2) is 23.5. The number of rotatable bonds is 20. The van der Waals surface area contributed by atoms with Gasteiger partial charge in [-0.25, -0.2) is 9.78 Å². The lowest BCUT2D eigenvalue weighted by Crippen LogP contribution is -2.57. The molecule has 1 unspecified atom stereocenters. The number of esters is 1. The molecule has 1 amide bonds. The Balaban J connectivity index is 1.60. The topological polar surface area (TPSA) is 153 Å². The predicted molar refractivity (Wildman–Crippen MR) is 279 cm³/mol. The number of amides is 1. The smallest absolute Gasteiger partial charge is 0.408 e. The summed E-state index contributed by atoms with van der Waals surface area (Å²) < 4.78 is 49.5. The minimum Gasteiger partial charge on any atom is -0.497 e. The van der Waals surface area contributed by atoms with Crippen LogP contribution in [0.5, 0.6) is 11.5 Å². The number of terminal acetylenes is 1. The third-order valence-corrected chi connectivity index (χ3v) is 24.5. The number of alkyl carbamates (subject to hydrolysis) is 1. The first-order chi connectivity index (χ1) is 31.6. The Morgan fingerprint density at radius 2 is 1.69 bits per heavy atom. The van der Waals surface area contributed by atoms with Gasteiger partial charge >= 0.3 is 12.1 Å². The van der Waals surface area contributed by atoms with Crippen molar-refractivity contribution in [2.45, 2.75) is 183 Å². The van der Waals surface area contributed by atoms with E-state index in [9.17, 15) is 14.7 Å².